The molecule has 0 radical (unpaired) electrons. The predicted molar refractivity (Wildman–Crippen MR) is 147 cm³/mol. The van der Waals surface area contributed by atoms with Gasteiger partial charge in [0.25, 0.3) is 5.91 Å². The number of anilines is 1. The Morgan fingerprint density at radius 1 is 1.03 bits per heavy atom. The second kappa shape index (κ2) is 9.95. The number of para-hydroxylation sites is 1. The van der Waals surface area contributed by atoms with Crippen molar-refractivity contribution in [1.82, 2.24) is 19.7 Å². The van der Waals surface area contributed by atoms with E-state index in [1.165, 1.54) is 23.1 Å². The summed E-state index contributed by atoms with van der Waals surface area (Å²) >= 11 is 2.67. The summed E-state index contributed by atoms with van der Waals surface area (Å²) < 4.78 is 2.13. The summed E-state index contributed by atoms with van der Waals surface area (Å²) in [6.07, 6.45) is 3.86. The van der Waals surface area contributed by atoms with Crippen molar-refractivity contribution in [3.8, 4) is 0 Å². The zero-order valence-corrected chi connectivity index (χ0v) is 21.6. The molecule has 2 aromatic carbocycles. The van der Waals surface area contributed by atoms with Gasteiger partial charge in [-0.25, -0.2) is 4.98 Å². The van der Waals surface area contributed by atoms with Crippen molar-refractivity contribution in [3.05, 3.63) is 76.2 Å². The number of nitrogens with one attached hydrogen (secondary N) is 1. The minimum absolute atomic E-state index is 0.0901. The number of fused-ring (bicyclic) bond motifs is 4. The fraction of sp³-hybridized carbons (Fsp3) is 0.222. The highest BCUT2D eigenvalue weighted by molar-refractivity contribution is 7.99. The number of amides is 2. The largest absolute Gasteiger partial charge is 0.365 e. The van der Waals surface area contributed by atoms with Crippen LogP contribution in [0.15, 0.2) is 59.8 Å². The Bertz CT molecular complexity index is 1640. The quantitative estimate of drug-likeness (QED) is 0.293. The van der Waals surface area contributed by atoms with Crippen LogP contribution in [0.1, 0.15) is 39.2 Å². The van der Waals surface area contributed by atoms with Gasteiger partial charge in [-0.2, -0.15) is 0 Å². The highest BCUT2D eigenvalue weighted by Crippen LogP contribution is 2.38. The van der Waals surface area contributed by atoms with E-state index < -0.39 is 5.91 Å². The van der Waals surface area contributed by atoms with E-state index in [9.17, 15) is 9.59 Å². The zero-order valence-electron chi connectivity index (χ0n) is 19.9. The van der Waals surface area contributed by atoms with Gasteiger partial charge in [0, 0.05) is 16.8 Å². The number of benzene rings is 2. The minimum atomic E-state index is -0.494. The third-order valence-corrected chi connectivity index (χ3v) is 8.59. The van der Waals surface area contributed by atoms with Crippen LogP contribution in [0.25, 0.3) is 22.1 Å². The van der Waals surface area contributed by atoms with Crippen LogP contribution in [-0.4, -0.2) is 37.3 Å². The first-order valence-electron chi connectivity index (χ1n) is 12.1. The first-order valence-corrected chi connectivity index (χ1v) is 13.9. The standard InChI is InChI=1S/C27H24N6O2S2/c28-24(35)22-18-11-5-7-13-20(18)37-26(22)29-21(34)15-36-27-30-25-23(31-32-27)17-10-4-6-12-19(17)33(25)14-16-8-2-1-3-9-16/h1-4,6,8-10,12H,5,7,11,13-15H2,(H2,28,35)(H,29,34). The number of thioether (sulfide) groups is 1. The molecule has 6 rings (SSSR count). The van der Waals surface area contributed by atoms with Gasteiger partial charge >= 0.3 is 0 Å². The zero-order chi connectivity index (χ0) is 25.4. The molecule has 2 amide bonds. The lowest BCUT2D eigenvalue weighted by Gasteiger charge is -2.11. The number of carbonyl (C=O) groups excluding carboxylic acids is 2. The molecular weight excluding hydrogens is 504 g/mol. The molecule has 0 spiro atoms. The molecule has 0 saturated heterocycles. The Hall–Kier alpha value is -3.76. The smallest absolute Gasteiger partial charge is 0.251 e. The molecule has 1 aliphatic rings. The van der Waals surface area contributed by atoms with Gasteiger partial charge in [-0.15, -0.1) is 21.5 Å². The number of carbonyl (C=O) groups is 2. The average molecular weight is 529 g/mol. The molecule has 186 valence electrons. The first-order chi connectivity index (χ1) is 18.1. The summed E-state index contributed by atoms with van der Waals surface area (Å²) in [6.45, 7) is 0.646. The molecule has 8 nitrogen and oxygen atoms in total. The molecular formula is C27H24N6O2S2. The van der Waals surface area contributed by atoms with Gasteiger partial charge in [0.2, 0.25) is 11.1 Å². The molecule has 0 atom stereocenters. The van der Waals surface area contributed by atoms with E-state index in [0.717, 1.165) is 63.8 Å². The number of primary amides is 1. The monoisotopic (exact) mass is 528 g/mol. The third kappa shape index (κ3) is 4.58. The Morgan fingerprint density at radius 3 is 2.65 bits per heavy atom. The number of nitrogens with zero attached hydrogens (tertiary/aromatic N) is 4. The summed E-state index contributed by atoms with van der Waals surface area (Å²) in [6, 6.07) is 18.2. The molecule has 3 aromatic heterocycles. The average Bonchev–Trinajstić information content (AvgIpc) is 3.43. The van der Waals surface area contributed by atoms with Crippen LogP contribution < -0.4 is 11.1 Å². The molecule has 0 unspecified atom stereocenters. The predicted octanol–water partition coefficient (Wildman–Crippen LogP) is 4.80. The van der Waals surface area contributed by atoms with Gasteiger partial charge in [0.05, 0.1) is 16.8 Å². The number of hydrogen-bond acceptors (Lipinski definition) is 7. The molecule has 0 saturated carbocycles. The lowest BCUT2D eigenvalue weighted by molar-refractivity contribution is -0.113. The van der Waals surface area contributed by atoms with Gasteiger partial charge in [-0.1, -0.05) is 60.3 Å². The summed E-state index contributed by atoms with van der Waals surface area (Å²) in [7, 11) is 0. The van der Waals surface area contributed by atoms with Crippen LogP contribution in [0.5, 0.6) is 0 Å². The van der Waals surface area contributed by atoms with Gasteiger partial charge in [-0.05, 0) is 42.9 Å². The van der Waals surface area contributed by atoms with Gasteiger partial charge < -0.3 is 15.6 Å². The summed E-state index contributed by atoms with van der Waals surface area (Å²) in [5, 5.41) is 13.6. The minimum Gasteiger partial charge on any atom is -0.365 e. The first kappa shape index (κ1) is 23.6. The molecule has 0 fully saturated rings. The van der Waals surface area contributed by atoms with Crippen molar-refractivity contribution >= 4 is 62.0 Å². The number of hydrogen-bond donors (Lipinski definition) is 2. The molecule has 3 heterocycles. The van der Waals surface area contributed by atoms with Gasteiger partial charge in [-0.3, -0.25) is 9.59 Å². The summed E-state index contributed by atoms with van der Waals surface area (Å²) in [5.41, 5.74) is 10.8. The lowest BCUT2D eigenvalue weighted by Crippen LogP contribution is -2.19. The topological polar surface area (TPSA) is 116 Å². The fourth-order valence-corrected chi connectivity index (χ4v) is 6.78. The van der Waals surface area contributed by atoms with E-state index in [1.54, 1.807) is 0 Å². The Balaban J connectivity index is 1.25. The van der Waals surface area contributed by atoms with E-state index in [-0.39, 0.29) is 11.7 Å². The molecule has 5 aromatic rings. The second-order valence-electron chi connectivity index (χ2n) is 8.97. The van der Waals surface area contributed by atoms with Crippen LogP contribution in [0.3, 0.4) is 0 Å². The van der Waals surface area contributed by atoms with Crippen molar-refractivity contribution in [2.75, 3.05) is 11.1 Å². The summed E-state index contributed by atoms with van der Waals surface area (Å²) in [4.78, 5) is 30.9. The number of aromatic nitrogens is 4. The SMILES string of the molecule is NC(=O)c1c(NC(=O)CSc2nnc3c4ccccc4n(Cc4ccccc4)c3n2)sc2c1CCCC2. The van der Waals surface area contributed by atoms with Crippen LogP contribution in [0.4, 0.5) is 5.00 Å². The maximum absolute atomic E-state index is 12.8. The number of aryl methyl sites for hydroxylation is 1. The second-order valence-corrected chi connectivity index (χ2v) is 11.0. The van der Waals surface area contributed by atoms with E-state index in [0.29, 0.717) is 22.3 Å². The van der Waals surface area contributed by atoms with Crippen molar-refractivity contribution in [1.29, 1.82) is 0 Å². The highest BCUT2D eigenvalue weighted by atomic mass is 32.2. The summed E-state index contributed by atoms with van der Waals surface area (Å²) in [5.74, 6) is -0.640. The lowest BCUT2D eigenvalue weighted by atomic mass is 9.95. The van der Waals surface area contributed by atoms with E-state index >= 15 is 0 Å². The maximum atomic E-state index is 12.8. The van der Waals surface area contributed by atoms with E-state index in [1.807, 2.05) is 36.4 Å². The maximum Gasteiger partial charge on any atom is 0.251 e. The molecule has 3 N–H and O–H groups in total. The highest BCUT2D eigenvalue weighted by Gasteiger charge is 2.25. The van der Waals surface area contributed by atoms with E-state index in [2.05, 4.69) is 38.3 Å². The number of nitrogens with two attached hydrogens (primary N) is 1. The van der Waals surface area contributed by atoms with Crippen LogP contribution >= 0.6 is 23.1 Å². The normalized spacial score (nSPS) is 13.1. The number of rotatable bonds is 7. The van der Waals surface area contributed by atoms with Crippen molar-refractivity contribution in [3.63, 3.8) is 0 Å². The Morgan fingerprint density at radius 2 is 1.81 bits per heavy atom. The fourth-order valence-electron chi connectivity index (χ4n) is 4.88. The van der Waals surface area contributed by atoms with Crippen LogP contribution in [-0.2, 0) is 24.2 Å². The molecule has 1 aliphatic carbocycles. The Kier molecular flexibility index (Phi) is 6.35. The molecule has 0 aliphatic heterocycles. The molecule has 0 bridgehead atoms. The van der Waals surface area contributed by atoms with Crippen LogP contribution in [0.2, 0.25) is 0 Å². The molecule has 37 heavy (non-hydrogen) atoms. The molecule has 10 heteroatoms. The third-order valence-electron chi connectivity index (χ3n) is 6.54. The van der Waals surface area contributed by atoms with Crippen molar-refractivity contribution in [2.45, 2.75) is 37.4 Å². The van der Waals surface area contributed by atoms with Crippen molar-refractivity contribution < 1.29 is 9.59 Å². The van der Waals surface area contributed by atoms with E-state index in [4.69, 9.17) is 10.7 Å². The number of thiophene rings is 1. The Labute approximate surface area is 221 Å². The van der Waals surface area contributed by atoms with Gasteiger partial charge in [0.1, 0.15) is 10.5 Å². The van der Waals surface area contributed by atoms with Crippen molar-refractivity contribution in [2.24, 2.45) is 5.73 Å². The van der Waals surface area contributed by atoms with Crippen LogP contribution in [0, 0.1) is 0 Å². The van der Waals surface area contributed by atoms with Gasteiger partial charge in [0.15, 0.2) is 5.65 Å².